The monoisotopic (exact) mass is 423 g/mol. The smallest absolute Gasteiger partial charge is 0.141 e. The number of pyridine rings is 2. The highest BCUT2D eigenvalue weighted by atomic mass is 35.5. The molecule has 144 valence electrons. The maximum Gasteiger partial charge on any atom is 0.141 e. The molecule has 0 radical (unpaired) electrons. The van der Waals surface area contributed by atoms with Gasteiger partial charge < -0.3 is 15.0 Å². The molecule has 0 spiro atoms. The van der Waals surface area contributed by atoms with E-state index in [4.69, 9.17) is 32.9 Å². The Balaban J connectivity index is 1.74. The van der Waals surface area contributed by atoms with E-state index in [2.05, 4.69) is 20.3 Å². The largest absolute Gasteiger partial charge is 0.494 e. The molecule has 0 bridgehead atoms. The van der Waals surface area contributed by atoms with Crippen LogP contribution in [0.25, 0.3) is 33.9 Å². The number of benzene rings is 1. The maximum atomic E-state index is 6.54. The number of H-pyrrole nitrogens is 1. The van der Waals surface area contributed by atoms with Gasteiger partial charge in [0.05, 0.1) is 39.8 Å². The van der Waals surface area contributed by atoms with Gasteiger partial charge in [-0.2, -0.15) is 0 Å². The van der Waals surface area contributed by atoms with Crippen molar-refractivity contribution in [3.8, 4) is 39.7 Å². The number of fused-ring (bicyclic) bond motifs is 5. The first kappa shape index (κ1) is 18.0. The minimum absolute atomic E-state index is 0.462. The molecule has 2 N–H and O–H groups in total. The Bertz CT molecular complexity index is 1150. The van der Waals surface area contributed by atoms with E-state index >= 15 is 0 Å². The van der Waals surface area contributed by atoms with E-state index in [9.17, 15) is 0 Å². The molecule has 1 aromatic carbocycles. The number of anilines is 2. The second-order valence-electron chi connectivity index (χ2n) is 6.45. The lowest BCUT2D eigenvalue weighted by Crippen LogP contribution is -1.96. The molecule has 5 rings (SSSR count). The fraction of sp³-hybridized carbons (Fsp3) is 0.0952. The molecule has 1 aliphatic heterocycles. The fourth-order valence-corrected chi connectivity index (χ4v) is 4.09. The molecule has 0 atom stereocenters. The molecule has 0 aliphatic carbocycles. The van der Waals surface area contributed by atoms with Crippen molar-refractivity contribution in [2.24, 2.45) is 0 Å². The van der Waals surface area contributed by atoms with Crippen molar-refractivity contribution in [1.82, 2.24) is 19.9 Å². The number of hydrogen-bond donors (Lipinski definition) is 2. The third-order valence-electron chi connectivity index (χ3n) is 4.67. The van der Waals surface area contributed by atoms with E-state index in [1.54, 1.807) is 30.7 Å². The molecule has 0 saturated heterocycles. The zero-order valence-corrected chi connectivity index (χ0v) is 16.8. The van der Waals surface area contributed by atoms with Crippen LogP contribution in [0.3, 0.4) is 0 Å². The average molecular weight is 424 g/mol. The van der Waals surface area contributed by atoms with Gasteiger partial charge in [0.2, 0.25) is 0 Å². The predicted octanol–water partition coefficient (Wildman–Crippen LogP) is 5.96. The summed E-state index contributed by atoms with van der Waals surface area (Å²) in [5.74, 6) is 1.91. The highest BCUT2D eigenvalue weighted by Gasteiger charge is 2.25. The summed E-state index contributed by atoms with van der Waals surface area (Å²) in [6.07, 6.45) is 5.24. The third kappa shape index (κ3) is 3.01. The Hall–Kier alpha value is -3.09. The van der Waals surface area contributed by atoms with Gasteiger partial charge >= 0.3 is 0 Å². The second-order valence-corrected chi connectivity index (χ2v) is 7.26. The van der Waals surface area contributed by atoms with Crippen molar-refractivity contribution >= 4 is 34.7 Å². The molecule has 4 aromatic rings. The number of aromatic amines is 1. The van der Waals surface area contributed by atoms with Crippen LogP contribution in [0.2, 0.25) is 10.0 Å². The molecule has 0 saturated carbocycles. The lowest BCUT2D eigenvalue weighted by atomic mass is 10.1. The van der Waals surface area contributed by atoms with E-state index in [1.165, 1.54) is 0 Å². The number of halogens is 2. The van der Waals surface area contributed by atoms with Gasteiger partial charge in [-0.1, -0.05) is 23.2 Å². The van der Waals surface area contributed by atoms with Gasteiger partial charge in [-0.05, 0) is 37.3 Å². The van der Waals surface area contributed by atoms with Crippen molar-refractivity contribution in [3.05, 3.63) is 59.0 Å². The first-order valence-electron chi connectivity index (χ1n) is 9.04. The van der Waals surface area contributed by atoms with Crippen LogP contribution < -0.4 is 10.1 Å². The van der Waals surface area contributed by atoms with E-state index in [-0.39, 0.29) is 0 Å². The molecule has 0 unspecified atom stereocenters. The summed E-state index contributed by atoms with van der Waals surface area (Å²) in [5.41, 5.74) is 4.88. The molecular weight excluding hydrogens is 409 g/mol. The minimum Gasteiger partial charge on any atom is -0.494 e. The van der Waals surface area contributed by atoms with Gasteiger partial charge in [-0.25, -0.2) is 9.97 Å². The molecule has 3 aromatic heterocycles. The van der Waals surface area contributed by atoms with Crippen molar-refractivity contribution in [2.75, 3.05) is 11.9 Å². The summed E-state index contributed by atoms with van der Waals surface area (Å²) in [6, 6.07) is 9.27. The zero-order valence-electron chi connectivity index (χ0n) is 15.3. The Morgan fingerprint density at radius 1 is 1.07 bits per heavy atom. The first-order chi connectivity index (χ1) is 14.2. The zero-order chi connectivity index (χ0) is 20.0. The van der Waals surface area contributed by atoms with E-state index < -0.39 is 0 Å². The average Bonchev–Trinajstić information content (AvgIpc) is 3.08. The topological polar surface area (TPSA) is 75.7 Å². The van der Waals surface area contributed by atoms with Gasteiger partial charge in [-0.3, -0.25) is 4.98 Å². The van der Waals surface area contributed by atoms with Crippen molar-refractivity contribution in [3.63, 3.8) is 0 Å². The molecule has 29 heavy (non-hydrogen) atoms. The van der Waals surface area contributed by atoms with Gasteiger partial charge in [0.15, 0.2) is 0 Å². The number of aromatic nitrogens is 4. The standard InChI is InChI=1S/C21H15Cl2N5O/c1-2-29-11-8-14(22)17(15(23)9-11)21-27-18-12-5-7-24-10-16(12)26-20-13(19(18)28-21)4-3-6-25-20/h3-10H,2H2,1H3,(H,25,26)(H,27,28). The SMILES string of the molecule is CCOc1cc(Cl)c(-c2nc3c([nH]2)-c2ccncc2Nc2ncccc2-3)c(Cl)c1. The van der Waals surface area contributed by atoms with Crippen LogP contribution in [0.5, 0.6) is 5.75 Å². The van der Waals surface area contributed by atoms with Crippen LogP contribution in [0.1, 0.15) is 6.92 Å². The van der Waals surface area contributed by atoms with Crippen LogP contribution in [0, 0.1) is 0 Å². The Kier molecular flexibility index (Phi) is 4.38. The highest BCUT2D eigenvalue weighted by Crippen LogP contribution is 2.44. The summed E-state index contributed by atoms with van der Waals surface area (Å²) in [4.78, 5) is 16.9. The third-order valence-corrected chi connectivity index (χ3v) is 5.27. The summed E-state index contributed by atoms with van der Waals surface area (Å²) in [6.45, 7) is 2.44. The summed E-state index contributed by atoms with van der Waals surface area (Å²) in [5, 5.41) is 4.26. The number of ether oxygens (including phenoxy) is 1. The predicted molar refractivity (Wildman–Crippen MR) is 115 cm³/mol. The Labute approximate surface area is 176 Å². The number of rotatable bonds is 3. The lowest BCUT2D eigenvalue weighted by Gasteiger charge is -2.10. The minimum atomic E-state index is 0.462. The molecular formula is C21H15Cl2N5O. The van der Waals surface area contributed by atoms with Gasteiger partial charge in [0, 0.05) is 23.5 Å². The van der Waals surface area contributed by atoms with E-state index in [1.807, 2.05) is 25.1 Å². The van der Waals surface area contributed by atoms with E-state index in [0.29, 0.717) is 39.6 Å². The summed E-state index contributed by atoms with van der Waals surface area (Å²) in [7, 11) is 0. The molecule has 0 fully saturated rings. The molecule has 4 heterocycles. The number of nitrogens with zero attached hydrogens (tertiary/aromatic N) is 3. The quantitative estimate of drug-likeness (QED) is 0.374. The van der Waals surface area contributed by atoms with Crippen molar-refractivity contribution in [2.45, 2.75) is 6.92 Å². The summed E-state index contributed by atoms with van der Waals surface area (Å²) >= 11 is 13.1. The lowest BCUT2D eigenvalue weighted by molar-refractivity contribution is 0.340. The Morgan fingerprint density at radius 2 is 1.90 bits per heavy atom. The number of hydrogen-bond acceptors (Lipinski definition) is 5. The second kappa shape index (κ2) is 7.06. The molecule has 0 amide bonds. The van der Waals surface area contributed by atoms with Gasteiger partial charge in [0.1, 0.15) is 23.1 Å². The van der Waals surface area contributed by atoms with Crippen LogP contribution >= 0.6 is 23.2 Å². The highest BCUT2D eigenvalue weighted by molar-refractivity contribution is 6.39. The van der Waals surface area contributed by atoms with Gasteiger partial charge in [0.25, 0.3) is 0 Å². The van der Waals surface area contributed by atoms with Gasteiger partial charge in [-0.15, -0.1) is 0 Å². The first-order valence-corrected chi connectivity index (χ1v) is 9.80. The Morgan fingerprint density at radius 3 is 2.69 bits per heavy atom. The molecule has 8 heteroatoms. The van der Waals surface area contributed by atoms with E-state index in [0.717, 1.165) is 28.2 Å². The number of imidazole rings is 1. The van der Waals surface area contributed by atoms with Crippen LogP contribution in [-0.4, -0.2) is 26.5 Å². The molecule has 6 nitrogen and oxygen atoms in total. The number of nitrogens with one attached hydrogen (secondary N) is 2. The maximum absolute atomic E-state index is 6.54. The van der Waals surface area contributed by atoms with Crippen LogP contribution in [0.4, 0.5) is 11.5 Å². The van der Waals surface area contributed by atoms with Crippen LogP contribution in [-0.2, 0) is 0 Å². The van der Waals surface area contributed by atoms with Crippen molar-refractivity contribution in [1.29, 1.82) is 0 Å². The van der Waals surface area contributed by atoms with Crippen LogP contribution in [0.15, 0.2) is 48.9 Å². The normalized spacial score (nSPS) is 11.7. The summed E-state index contributed by atoms with van der Waals surface area (Å²) < 4.78 is 5.53. The fourth-order valence-electron chi connectivity index (χ4n) is 3.44. The molecule has 1 aliphatic rings. The van der Waals surface area contributed by atoms with Crippen molar-refractivity contribution < 1.29 is 4.74 Å².